The summed E-state index contributed by atoms with van der Waals surface area (Å²) in [7, 11) is 0. The first-order valence-corrected chi connectivity index (χ1v) is 7.19. The first kappa shape index (κ1) is 17.2. The molecule has 126 valence electrons. The zero-order valence-corrected chi connectivity index (χ0v) is 13.0. The topological polar surface area (TPSA) is 88.8 Å². The van der Waals surface area contributed by atoms with Crippen molar-refractivity contribution < 1.29 is 13.2 Å². The van der Waals surface area contributed by atoms with Crippen LogP contribution in [0.3, 0.4) is 0 Å². The van der Waals surface area contributed by atoms with Crippen molar-refractivity contribution in [3.05, 3.63) is 17.3 Å². The van der Waals surface area contributed by atoms with Gasteiger partial charge in [-0.25, -0.2) is 4.98 Å². The highest BCUT2D eigenvalue weighted by atomic mass is 19.4. The van der Waals surface area contributed by atoms with Gasteiger partial charge in [-0.2, -0.15) is 23.1 Å². The fourth-order valence-corrected chi connectivity index (χ4v) is 2.23. The molecule has 2 aromatic rings. The fraction of sp³-hybridized carbons (Fsp3) is 0.500. The second-order valence-electron chi connectivity index (χ2n) is 5.28. The summed E-state index contributed by atoms with van der Waals surface area (Å²) >= 11 is 0. The molecule has 2 rings (SSSR count). The van der Waals surface area contributed by atoms with Gasteiger partial charge in [0.15, 0.2) is 5.65 Å². The van der Waals surface area contributed by atoms with Gasteiger partial charge in [0, 0.05) is 12.2 Å². The molecule has 0 aliphatic carbocycles. The van der Waals surface area contributed by atoms with Crippen LogP contribution in [0.25, 0.3) is 11.0 Å². The number of fused-ring (bicyclic) bond motifs is 1. The summed E-state index contributed by atoms with van der Waals surface area (Å²) in [4.78, 5) is 12.8. The van der Waals surface area contributed by atoms with Gasteiger partial charge in [-0.15, -0.1) is 0 Å². The molecule has 0 bridgehead atoms. The smallest absolute Gasteiger partial charge is 0.383 e. The van der Waals surface area contributed by atoms with E-state index in [-0.39, 0.29) is 6.54 Å². The molecule has 0 aliphatic heterocycles. The zero-order chi connectivity index (χ0) is 17.0. The second kappa shape index (κ2) is 6.95. The molecule has 0 unspecified atom stereocenters. The zero-order valence-electron chi connectivity index (χ0n) is 13.0. The minimum Gasteiger partial charge on any atom is -0.383 e. The Kier molecular flexibility index (Phi) is 5.19. The molecule has 9 heteroatoms. The molecule has 23 heavy (non-hydrogen) atoms. The number of nitrogens with zero attached hydrogens (tertiary/aromatic N) is 3. The van der Waals surface area contributed by atoms with Gasteiger partial charge < -0.3 is 16.4 Å². The van der Waals surface area contributed by atoms with Crippen LogP contribution >= 0.6 is 0 Å². The number of aryl methyl sites for hydroxylation is 2. The number of alkyl halides is 3. The van der Waals surface area contributed by atoms with E-state index in [0.717, 1.165) is 11.3 Å². The van der Waals surface area contributed by atoms with E-state index in [1.165, 1.54) is 0 Å². The van der Waals surface area contributed by atoms with Crippen molar-refractivity contribution in [1.82, 2.24) is 20.3 Å². The highest BCUT2D eigenvalue weighted by molar-refractivity contribution is 5.89. The van der Waals surface area contributed by atoms with Crippen molar-refractivity contribution >= 4 is 22.8 Å². The number of nitrogens with two attached hydrogens (primary N) is 1. The number of hydrogen-bond acceptors (Lipinski definition) is 6. The van der Waals surface area contributed by atoms with E-state index in [9.17, 15) is 13.2 Å². The monoisotopic (exact) mass is 328 g/mol. The number of pyridine rings is 1. The SMILES string of the molecule is Cc1cc(C)c2c(N)nc(NCCCNCC(F)(F)F)nc2n1. The first-order valence-electron chi connectivity index (χ1n) is 7.19. The average molecular weight is 328 g/mol. The average Bonchev–Trinajstić information content (AvgIpc) is 2.40. The predicted molar refractivity (Wildman–Crippen MR) is 83.3 cm³/mol. The largest absolute Gasteiger partial charge is 0.401 e. The lowest BCUT2D eigenvalue weighted by molar-refractivity contribution is -0.124. The maximum absolute atomic E-state index is 12.0. The van der Waals surface area contributed by atoms with Gasteiger partial charge >= 0.3 is 6.18 Å². The Morgan fingerprint density at radius 3 is 2.57 bits per heavy atom. The third-order valence-electron chi connectivity index (χ3n) is 3.16. The summed E-state index contributed by atoms with van der Waals surface area (Å²) in [5.41, 5.74) is 8.23. The van der Waals surface area contributed by atoms with E-state index in [4.69, 9.17) is 5.73 Å². The lowest BCUT2D eigenvalue weighted by Crippen LogP contribution is -2.30. The maximum Gasteiger partial charge on any atom is 0.401 e. The summed E-state index contributed by atoms with van der Waals surface area (Å²) in [5, 5.41) is 5.99. The summed E-state index contributed by atoms with van der Waals surface area (Å²) < 4.78 is 35.9. The summed E-state index contributed by atoms with van der Waals surface area (Å²) in [6.07, 6.45) is -3.69. The molecular weight excluding hydrogens is 309 g/mol. The minimum absolute atomic E-state index is 0.242. The van der Waals surface area contributed by atoms with Crippen LogP contribution in [0, 0.1) is 13.8 Å². The van der Waals surface area contributed by atoms with Gasteiger partial charge in [-0.05, 0) is 38.4 Å². The van der Waals surface area contributed by atoms with E-state index >= 15 is 0 Å². The van der Waals surface area contributed by atoms with Gasteiger partial charge in [-0.3, -0.25) is 0 Å². The fourth-order valence-electron chi connectivity index (χ4n) is 2.23. The van der Waals surface area contributed by atoms with Crippen LogP contribution in [0.1, 0.15) is 17.7 Å². The molecule has 0 fully saturated rings. The van der Waals surface area contributed by atoms with Crippen molar-refractivity contribution in [1.29, 1.82) is 0 Å². The van der Waals surface area contributed by atoms with Crippen LogP contribution in [-0.4, -0.2) is 40.8 Å². The van der Waals surface area contributed by atoms with Crippen LogP contribution in [0.2, 0.25) is 0 Å². The molecule has 2 heterocycles. The Morgan fingerprint density at radius 2 is 1.87 bits per heavy atom. The standard InChI is InChI=1S/C14H19F3N6/c1-8-6-9(2)21-12-10(8)11(18)22-13(23-12)20-5-3-4-19-7-14(15,16)17/h6,19H,3-5,7H2,1-2H3,(H3,18,20,21,22,23). The van der Waals surface area contributed by atoms with E-state index < -0.39 is 12.7 Å². The number of rotatable bonds is 6. The van der Waals surface area contributed by atoms with E-state index in [0.29, 0.717) is 35.8 Å². The van der Waals surface area contributed by atoms with Crippen LogP contribution in [0.4, 0.5) is 24.9 Å². The quantitative estimate of drug-likeness (QED) is 0.704. The Morgan fingerprint density at radius 1 is 1.13 bits per heavy atom. The molecule has 0 saturated heterocycles. The number of anilines is 2. The molecule has 0 radical (unpaired) electrons. The van der Waals surface area contributed by atoms with E-state index in [2.05, 4.69) is 25.6 Å². The third kappa shape index (κ3) is 4.92. The number of nitrogens with one attached hydrogen (secondary N) is 2. The van der Waals surface area contributed by atoms with Gasteiger partial charge in [0.25, 0.3) is 0 Å². The molecule has 6 nitrogen and oxygen atoms in total. The van der Waals surface area contributed by atoms with Gasteiger partial charge in [0.1, 0.15) is 5.82 Å². The van der Waals surface area contributed by atoms with Crippen molar-refractivity contribution in [2.45, 2.75) is 26.4 Å². The molecule has 4 N–H and O–H groups in total. The van der Waals surface area contributed by atoms with Crippen molar-refractivity contribution in [2.24, 2.45) is 0 Å². The van der Waals surface area contributed by atoms with Crippen LogP contribution in [0.5, 0.6) is 0 Å². The number of aromatic nitrogens is 3. The van der Waals surface area contributed by atoms with Gasteiger partial charge in [0.05, 0.1) is 11.9 Å². The maximum atomic E-state index is 12.0. The lowest BCUT2D eigenvalue weighted by Gasteiger charge is -2.10. The van der Waals surface area contributed by atoms with E-state index in [1.54, 1.807) is 0 Å². The highest BCUT2D eigenvalue weighted by Gasteiger charge is 2.25. The molecule has 0 aliphatic rings. The van der Waals surface area contributed by atoms with Crippen LogP contribution < -0.4 is 16.4 Å². The number of hydrogen-bond donors (Lipinski definition) is 3. The third-order valence-corrected chi connectivity index (χ3v) is 3.16. The molecule has 0 saturated carbocycles. The van der Waals surface area contributed by atoms with Crippen LogP contribution in [-0.2, 0) is 0 Å². The first-order chi connectivity index (χ1) is 10.8. The normalized spacial score (nSPS) is 11.9. The molecule has 0 spiro atoms. The Balaban J connectivity index is 1.94. The van der Waals surface area contributed by atoms with Crippen molar-refractivity contribution in [3.8, 4) is 0 Å². The molecule has 0 atom stereocenters. The second-order valence-corrected chi connectivity index (χ2v) is 5.28. The summed E-state index contributed by atoms with van der Waals surface area (Å²) in [6.45, 7) is 3.46. The number of nitrogen functional groups attached to an aromatic ring is 1. The van der Waals surface area contributed by atoms with Crippen molar-refractivity contribution in [2.75, 3.05) is 30.7 Å². The lowest BCUT2D eigenvalue weighted by atomic mass is 10.1. The Labute approximate surface area is 131 Å². The van der Waals surface area contributed by atoms with Crippen molar-refractivity contribution in [3.63, 3.8) is 0 Å². The predicted octanol–water partition coefficient (Wildman–Crippen LogP) is 2.18. The van der Waals surface area contributed by atoms with Crippen LogP contribution in [0.15, 0.2) is 6.07 Å². The molecule has 0 amide bonds. The Bertz CT molecular complexity index is 686. The van der Waals surface area contributed by atoms with E-state index in [1.807, 2.05) is 19.9 Å². The van der Waals surface area contributed by atoms with Gasteiger partial charge in [-0.1, -0.05) is 0 Å². The molecule has 2 aromatic heterocycles. The molecule has 0 aromatic carbocycles. The summed E-state index contributed by atoms with van der Waals surface area (Å²) in [6, 6.07) is 1.90. The molecular formula is C14H19F3N6. The van der Waals surface area contributed by atoms with Gasteiger partial charge in [0.2, 0.25) is 5.95 Å². The minimum atomic E-state index is -4.19. The summed E-state index contributed by atoms with van der Waals surface area (Å²) in [5.74, 6) is 0.654. The number of halogens is 3. The highest BCUT2D eigenvalue weighted by Crippen LogP contribution is 2.22. The Hall–Kier alpha value is -2.16.